The maximum absolute atomic E-state index is 12.9. The van der Waals surface area contributed by atoms with Gasteiger partial charge < -0.3 is 19.4 Å². The molecule has 0 saturated heterocycles. The van der Waals surface area contributed by atoms with Gasteiger partial charge in [-0.1, -0.05) is 23.7 Å². The normalized spacial score (nSPS) is 11.5. The molecule has 2 amide bonds. The van der Waals surface area contributed by atoms with Crippen LogP contribution in [0.5, 0.6) is 5.75 Å². The van der Waals surface area contributed by atoms with Crippen LogP contribution in [0.4, 0.5) is 4.79 Å². The third-order valence-corrected chi connectivity index (χ3v) is 7.63. The number of hydrogen-bond donors (Lipinski definition) is 1. The van der Waals surface area contributed by atoms with Gasteiger partial charge in [-0.15, -0.1) is 0 Å². The van der Waals surface area contributed by atoms with Crippen LogP contribution >= 0.6 is 11.6 Å². The standard InChI is InChI=1S/C24H26ClN3O7S/c1-14-17-11-19(25)21(35-24(31)27(3)4)12-20(17)34-23(30)18(14)10-15-7-6-8-16(9-15)36(32,33)28(5)13-22(29)26-2/h6-9,11-12H,10,13H2,1-5H3,(H,26,29). The number of amides is 2. The molecular formula is C24H26ClN3O7S. The molecule has 0 aliphatic carbocycles. The summed E-state index contributed by atoms with van der Waals surface area (Å²) < 4.78 is 37.4. The molecule has 3 rings (SSSR count). The van der Waals surface area contributed by atoms with Crippen molar-refractivity contribution < 1.29 is 27.2 Å². The number of carbonyl (C=O) groups is 2. The van der Waals surface area contributed by atoms with Gasteiger partial charge in [0.15, 0.2) is 5.75 Å². The second-order valence-electron chi connectivity index (χ2n) is 8.29. The van der Waals surface area contributed by atoms with Gasteiger partial charge in [0, 0.05) is 51.6 Å². The number of ether oxygens (including phenoxy) is 1. The predicted molar refractivity (Wildman–Crippen MR) is 135 cm³/mol. The number of carbonyl (C=O) groups excluding carboxylic acids is 2. The van der Waals surface area contributed by atoms with Gasteiger partial charge >= 0.3 is 11.7 Å². The van der Waals surface area contributed by atoms with E-state index in [1.807, 2.05) is 0 Å². The summed E-state index contributed by atoms with van der Waals surface area (Å²) >= 11 is 6.31. The van der Waals surface area contributed by atoms with Crippen LogP contribution in [0, 0.1) is 6.92 Å². The average Bonchev–Trinajstić information content (AvgIpc) is 2.82. The van der Waals surface area contributed by atoms with Gasteiger partial charge in [0.05, 0.1) is 16.5 Å². The topological polar surface area (TPSA) is 126 Å². The zero-order chi connectivity index (χ0) is 26.8. The van der Waals surface area contributed by atoms with E-state index in [1.54, 1.807) is 25.1 Å². The minimum Gasteiger partial charge on any atom is -0.422 e. The van der Waals surface area contributed by atoms with Gasteiger partial charge in [-0.2, -0.15) is 4.31 Å². The van der Waals surface area contributed by atoms with Crippen LogP contribution in [0.1, 0.15) is 16.7 Å². The Balaban J connectivity index is 1.97. The van der Waals surface area contributed by atoms with Crippen molar-refractivity contribution in [3.05, 3.63) is 68.5 Å². The lowest BCUT2D eigenvalue weighted by Crippen LogP contribution is -2.36. The largest absolute Gasteiger partial charge is 0.422 e. The summed E-state index contributed by atoms with van der Waals surface area (Å²) in [4.78, 5) is 37.6. The molecule has 10 nitrogen and oxygen atoms in total. The Hall–Kier alpha value is -3.41. The average molecular weight is 536 g/mol. The van der Waals surface area contributed by atoms with E-state index in [2.05, 4.69) is 5.32 Å². The van der Waals surface area contributed by atoms with Gasteiger partial charge in [0.25, 0.3) is 0 Å². The van der Waals surface area contributed by atoms with Crippen molar-refractivity contribution in [2.75, 3.05) is 34.7 Å². The van der Waals surface area contributed by atoms with Crippen molar-refractivity contribution in [3.8, 4) is 5.75 Å². The molecule has 1 aromatic heterocycles. The lowest BCUT2D eigenvalue weighted by molar-refractivity contribution is -0.120. The van der Waals surface area contributed by atoms with Crippen molar-refractivity contribution in [2.24, 2.45) is 0 Å². The number of sulfonamides is 1. The molecule has 0 spiro atoms. The van der Waals surface area contributed by atoms with Gasteiger partial charge in [-0.25, -0.2) is 18.0 Å². The van der Waals surface area contributed by atoms with Crippen LogP contribution in [0.3, 0.4) is 0 Å². The summed E-state index contributed by atoms with van der Waals surface area (Å²) in [6.45, 7) is 1.40. The number of benzene rings is 2. The number of likely N-dealkylation sites (N-methyl/N-ethyl adjacent to an activating group) is 2. The number of rotatable bonds is 7. The Kier molecular flexibility index (Phi) is 8.07. The molecule has 0 saturated carbocycles. The Morgan fingerprint density at radius 2 is 1.83 bits per heavy atom. The monoisotopic (exact) mass is 535 g/mol. The van der Waals surface area contributed by atoms with E-state index in [1.165, 1.54) is 51.3 Å². The van der Waals surface area contributed by atoms with Crippen LogP contribution in [-0.2, 0) is 21.2 Å². The van der Waals surface area contributed by atoms with Crippen molar-refractivity contribution in [1.29, 1.82) is 0 Å². The lowest BCUT2D eigenvalue weighted by atomic mass is 9.99. The Morgan fingerprint density at radius 3 is 2.47 bits per heavy atom. The second-order valence-corrected chi connectivity index (χ2v) is 10.7. The minimum absolute atomic E-state index is 0.00960. The fraction of sp³-hybridized carbons (Fsp3) is 0.292. The molecule has 0 unspecified atom stereocenters. The molecule has 12 heteroatoms. The quantitative estimate of drug-likeness (QED) is 0.461. The second kappa shape index (κ2) is 10.7. The van der Waals surface area contributed by atoms with Crippen molar-refractivity contribution in [1.82, 2.24) is 14.5 Å². The van der Waals surface area contributed by atoms with Crippen molar-refractivity contribution in [3.63, 3.8) is 0 Å². The molecule has 1 heterocycles. The highest BCUT2D eigenvalue weighted by Gasteiger charge is 2.23. The lowest BCUT2D eigenvalue weighted by Gasteiger charge is -2.17. The Labute approximate surface area is 213 Å². The zero-order valence-corrected chi connectivity index (χ0v) is 22.0. The molecule has 0 aliphatic rings. The van der Waals surface area contributed by atoms with Crippen LogP contribution in [0.15, 0.2) is 50.5 Å². The molecule has 0 radical (unpaired) electrons. The van der Waals surface area contributed by atoms with E-state index < -0.39 is 27.6 Å². The molecule has 0 atom stereocenters. The first-order valence-electron chi connectivity index (χ1n) is 10.8. The summed E-state index contributed by atoms with van der Waals surface area (Å²) in [6.07, 6.45) is -0.538. The van der Waals surface area contributed by atoms with E-state index in [0.29, 0.717) is 22.1 Å². The summed E-state index contributed by atoms with van der Waals surface area (Å²) in [5, 5.41) is 3.10. The Bertz CT molecular complexity index is 1500. The number of fused-ring (bicyclic) bond motifs is 1. The van der Waals surface area contributed by atoms with E-state index >= 15 is 0 Å². The van der Waals surface area contributed by atoms with E-state index in [9.17, 15) is 22.8 Å². The van der Waals surface area contributed by atoms with Crippen LogP contribution < -0.4 is 15.7 Å². The van der Waals surface area contributed by atoms with Crippen molar-refractivity contribution >= 4 is 44.6 Å². The highest BCUT2D eigenvalue weighted by atomic mass is 35.5. The third-order valence-electron chi connectivity index (χ3n) is 5.53. The molecule has 192 valence electrons. The maximum atomic E-state index is 12.9. The fourth-order valence-corrected chi connectivity index (χ4v) is 4.82. The molecule has 36 heavy (non-hydrogen) atoms. The molecule has 0 bridgehead atoms. The highest BCUT2D eigenvalue weighted by Crippen LogP contribution is 2.32. The van der Waals surface area contributed by atoms with E-state index in [0.717, 1.165) is 4.31 Å². The smallest absolute Gasteiger partial charge is 0.414 e. The number of hydrogen-bond acceptors (Lipinski definition) is 7. The van der Waals surface area contributed by atoms with Crippen LogP contribution in [0.2, 0.25) is 5.02 Å². The molecule has 2 aromatic carbocycles. The first kappa shape index (κ1) is 27.2. The number of nitrogens with zero attached hydrogens (tertiary/aromatic N) is 2. The van der Waals surface area contributed by atoms with E-state index in [-0.39, 0.29) is 34.2 Å². The molecule has 1 N–H and O–H groups in total. The molecule has 0 fully saturated rings. The molecule has 3 aromatic rings. The van der Waals surface area contributed by atoms with E-state index in [4.69, 9.17) is 20.8 Å². The first-order valence-corrected chi connectivity index (χ1v) is 12.6. The number of halogens is 1. The van der Waals surface area contributed by atoms with Gasteiger partial charge in [-0.05, 0) is 36.2 Å². The van der Waals surface area contributed by atoms with Crippen LogP contribution in [0.25, 0.3) is 11.0 Å². The van der Waals surface area contributed by atoms with Gasteiger partial charge in [0.1, 0.15) is 5.58 Å². The third kappa shape index (κ3) is 5.69. The molecule has 0 aliphatic heterocycles. The molecular weight excluding hydrogens is 510 g/mol. The zero-order valence-electron chi connectivity index (χ0n) is 20.4. The fourth-order valence-electron chi connectivity index (χ4n) is 3.42. The maximum Gasteiger partial charge on any atom is 0.414 e. The predicted octanol–water partition coefficient (Wildman–Crippen LogP) is 2.77. The van der Waals surface area contributed by atoms with Crippen molar-refractivity contribution in [2.45, 2.75) is 18.2 Å². The first-order chi connectivity index (χ1) is 16.8. The highest BCUT2D eigenvalue weighted by molar-refractivity contribution is 7.89. The summed E-state index contributed by atoms with van der Waals surface area (Å²) in [5.74, 6) is -0.392. The SMILES string of the molecule is CNC(=O)CN(C)S(=O)(=O)c1cccc(Cc2c(C)c3cc(Cl)c(OC(=O)N(C)C)cc3oc2=O)c1. The number of nitrogens with one attached hydrogen (secondary N) is 1. The Morgan fingerprint density at radius 1 is 1.14 bits per heavy atom. The minimum atomic E-state index is -3.93. The summed E-state index contributed by atoms with van der Waals surface area (Å²) in [5.41, 5.74) is 1.06. The summed E-state index contributed by atoms with van der Waals surface area (Å²) in [7, 11) is 1.85. The van der Waals surface area contributed by atoms with Crippen LogP contribution in [-0.4, -0.2) is 64.4 Å². The van der Waals surface area contributed by atoms with Gasteiger partial charge in [0.2, 0.25) is 15.9 Å². The summed E-state index contributed by atoms with van der Waals surface area (Å²) in [6, 6.07) is 9.06. The van der Waals surface area contributed by atoms with Gasteiger partial charge in [-0.3, -0.25) is 4.79 Å². The number of aryl methyl sites for hydroxylation is 1.